The zero-order chi connectivity index (χ0) is 2.00. The van der Waals surface area contributed by atoms with Crippen molar-refractivity contribution in [3.05, 3.63) is 0 Å². The van der Waals surface area contributed by atoms with E-state index in [1.165, 1.54) is 0 Å². The molecule has 0 aromatic heterocycles. The summed E-state index contributed by atoms with van der Waals surface area (Å²) < 4.78 is 8.28. The van der Waals surface area contributed by atoms with Gasteiger partial charge in [-0.2, -0.15) is 0 Å². The van der Waals surface area contributed by atoms with Crippen LogP contribution in [0, 0.1) is 0 Å². The van der Waals surface area contributed by atoms with Gasteiger partial charge in [0.15, 0.2) is 0 Å². The topological polar surface area (TPSA) is 80.1 Å². The molecule has 0 heterocycles. The zero-order valence-corrected chi connectivity index (χ0v) is 3.53. The van der Waals surface area contributed by atoms with Crippen LogP contribution in [0.4, 0.5) is 0 Å². The van der Waals surface area contributed by atoms with Crippen molar-refractivity contribution < 1.29 is 14.8 Å². The molecule has 0 aliphatic rings. The quantitative estimate of drug-likeness (QED) is 0.298. The molecule has 0 aromatic carbocycles. The predicted octanol–water partition coefficient (Wildman–Crippen LogP) is -2.42. The van der Waals surface area contributed by atoms with Crippen molar-refractivity contribution in [2.75, 3.05) is 0 Å². The second-order valence-electron chi connectivity index (χ2n) is 0. The van der Waals surface area contributed by atoms with Crippen LogP contribution in [0.2, 0.25) is 0 Å². The first kappa shape index (κ1) is 28.7. The molecule has 0 saturated heterocycles. The number of rotatable bonds is 0. The first-order chi connectivity index (χ1) is 1.00. The van der Waals surface area contributed by atoms with Gasteiger partial charge in [-0.15, -0.1) is 0 Å². The Bertz CT molecular complexity index is 3.25. The fraction of sp³-hybridized carbons (Fsp3) is 0. The van der Waals surface area contributed by atoms with E-state index in [2.05, 4.69) is 0 Å². The molecule has 3 nitrogen and oxygen atoms in total. The summed E-state index contributed by atoms with van der Waals surface area (Å²) in [6, 6.07) is 0. The molecule has 0 radical (unpaired) electrons. The maximum absolute atomic E-state index is 8.28. The van der Waals surface area contributed by atoms with Crippen molar-refractivity contribution in [2.45, 2.75) is 0 Å². The van der Waals surface area contributed by atoms with E-state index in [1.807, 2.05) is 0 Å². The van der Waals surface area contributed by atoms with E-state index in [-0.39, 0.29) is 11.0 Å². The van der Waals surface area contributed by atoms with Crippen LogP contribution in [-0.4, -0.2) is 27.2 Å². The third-order valence-corrected chi connectivity index (χ3v) is 0. The summed E-state index contributed by atoms with van der Waals surface area (Å²) in [5.41, 5.74) is 0. The second kappa shape index (κ2) is 259. The summed E-state index contributed by atoms with van der Waals surface area (Å²) in [6.45, 7) is 0. The average Bonchev–Trinajstić information content (AvgIpc) is 1.00. The summed E-state index contributed by atoms with van der Waals surface area (Å²) in [6.07, 6.45) is 0. The van der Waals surface area contributed by atoms with Gasteiger partial charge in [0, 0.05) is 0 Å². The summed E-state index contributed by atoms with van der Waals surface area (Å²) in [5.74, 6) is 0. The van der Waals surface area contributed by atoms with E-state index in [0.717, 1.165) is 0 Å². The fourth-order valence-electron chi connectivity index (χ4n) is 0. The van der Waals surface area contributed by atoms with Gasteiger partial charge in [0.2, 0.25) is 0 Å². The molecule has 0 aromatic rings. The van der Waals surface area contributed by atoms with Gasteiger partial charge in [-0.1, -0.05) is 0 Å². The Labute approximate surface area is 31.9 Å². The van der Waals surface area contributed by atoms with E-state index >= 15 is 0 Å². The van der Waals surface area contributed by atoms with E-state index in [1.54, 1.807) is 0 Å². The zero-order valence-electron chi connectivity index (χ0n) is 2.12. The fourth-order valence-corrected chi connectivity index (χ4v) is 0. The van der Waals surface area contributed by atoms with Crippen molar-refractivity contribution in [3.63, 3.8) is 0 Å². The van der Waals surface area contributed by atoms with Crippen molar-refractivity contribution in [1.29, 1.82) is 0 Å². The summed E-state index contributed by atoms with van der Waals surface area (Å²) in [4.78, 5) is 0. The summed E-state index contributed by atoms with van der Waals surface area (Å²) in [5, 5.41) is 0. The molecular weight excluding hydrogens is 75.0 g/mol. The normalized spacial score (nSPS) is 0.750. The third-order valence-electron chi connectivity index (χ3n) is 0. The Kier molecular flexibility index (Phi) is 1860. The minimum absolute atomic E-state index is 0. The van der Waals surface area contributed by atoms with Crippen LogP contribution in [0.25, 0.3) is 0 Å². The van der Waals surface area contributed by atoms with Crippen LogP contribution in [0.1, 0.15) is 0 Å². The molecule has 0 spiro atoms. The van der Waals surface area contributed by atoms with Crippen LogP contribution in [0.3, 0.4) is 0 Å². The minimum atomic E-state index is 0. The van der Waals surface area contributed by atoms with E-state index < -0.39 is 0 Å². The molecule has 0 rings (SSSR count). The Balaban J connectivity index is -0.00000000500. The first-order valence-electron chi connectivity index (χ1n) is 0.289. The van der Waals surface area contributed by atoms with Gasteiger partial charge in [-0.3, -0.25) is 0 Å². The molecule has 0 saturated carbocycles. The van der Waals surface area contributed by atoms with E-state index in [4.69, 9.17) is 3.80 Å². The van der Waals surface area contributed by atoms with Crippen LogP contribution in [0.15, 0.2) is 0 Å². The number of hydrogen-bond donors (Lipinski definition) is 0. The van der Waals surface area contributed by atoms with Gasteiger partial charge in [-0.05, 0) is 0 Å². The van der Waals surface area contributed by atoms with Crippen LogP contribution < -0.4 is 0 Å². The van der Waals surface area contributed by atoms with Crippen molar-refractivity contribution in [3.8, 4) is 0 Å². The Morgan fingerprint density at radius 3 is 1.00 bits per heavy atom. The van der Waals surface area contributed by atoms with Crippen LogP contribution in [0.5, 0.6) is 0 Å². The maximum atomic E-state index is 8.28. The van der Waals surface area contributed by atoms with Gasteiger partial charge in [0.1, 0.15) is 0 Å². The standard InChI is InChI=1S/Al.2H2O.O.H/h;2*1H2;;. The SMILES string of the molecule is O.O.[O]=[AlH]. The molecule has 0 fully saturated rings. The van der Waals surface area contributed by atoms with E-state index in [0.29, 0.717) is 16.2 Å². The second-order valence-corrected chi connectivity index (χ2v) is 0. The van der Waals surface area contributed by atoms with Gasteiger partial charge >= 0.3 is 20.0 Å². The molecule has 0 aliphatic carbocycles. The van der Waals surface area contributed by atoms with Gasteiger partial charge in [0.25, 0.3) is 0 Å². The molecule has 26 valence electrons. The molecule has 4 heavy (non-hydrogen) atoms. The summed E-state index contributed by atoms with van der Waals surface area (Å²) in [7, 11) is 0. The molecule has 0 bridgehead atoms. The molecule has 4 N–H and O–H groups in total. The number of hydrogen-bond acceptors (Lipinski definition) is 1. The van der Waals surface area contributed by atoms with Gasteiger partial charge in [0.05, 0.1) is 0 Å². The summed E-state index contributed by atoms with van der Waals surface area (Å²) >= 11 is 0.611. The van der Waals surface area contributed by atoms with E-state index in [9.17, 15) is 0 Å². The predicted molar refractivity (Wildman–Crippen MR) is 15.1 cm³/mol. The Hall–Kier alpha value is 0.252. The van der Waals surface area contributed by atoms with Crippen LogP contribution >= 0.6 is 0 Å². The molecular formula is H5AlO3. The van der Waals surface area contributed by atoms with Gasteiger partial charge in [-0.25, -0.2) is 0 Å². The first-order valence-corrected chi connectivity index (χ1v) is 0.866. The van der Waals surface area contributed by atoms with Crippen molar-refractivity contribution >= 4 is 16.2 Å². The molecule has 0 aliphatic heterocycles. The van der Waals surface area contributed by atoms with Crippen molar-refractivity contribution in [2.24, 2.45) is 0 Å². The molecule has 4 heteroatoms. The molecule has 0 unspecified atom stereocenters. The van der Waals surface area contributed by atoms with Crippen molar-refractivity contribution in [1.82, 2.24) is 0 Å². The Morgan fingerprint density at radius 1 is 1.00 bits per heavy atom. The third kappa shape index (κ3) is 55.4. The van der Waals surface area contributed by atoms with Crippen LogP contribution in [-0.2, 0) is 3.80 Å². The molecule has 0 amide bonds. The Morgan fingerprint density at radius 2 is 1.00 bits per heavy atom. The van der Waals surface area contributed by atoms with Gasteiger partial charge < -0.3 is 11.0 Å². The average molecular weight is 80.0 g/mol. The monoisotopic (exact) mass is 80.0 g/mol. The molecule has 0 atom stereocenters.